The van der Waals surface area contributed by atoms with Crippen molar-refractivity contribution in [2.24, 2.45) is 0 Å². The van der Waals surface area contributed by atoms with E-state index in [1.54, 1.807) is 0 Å². The lowest BCUT2D eigenvalue weighted by molar-refractivity contribution is -0.870. The molecule has 0 saturated heterocycles. The first kappa shape index (κ1) is 75.7. The summed E-state index contributed by atoms with van der Waals surface area (Å²) in [6.07, 6.45) is 82.6. The van der Waals surface area contributed by atoms with Crippen LogP contribution in [0.3, 0.4) is 0 Å². The third-order valence-corrected chi connectivity index (χ3v) is 13.4. The zero-order chi connectivity index (χ0) is 58.3. The van der Waals surface area contributed by atoms with Gasteiger partial charge in [-0.05, 0) is 109 Å². The van der Waals surface area contributed by atoms with Gasteiger partial charge in [-0.2, -0.15) is 0 Å². The second-order valence-electron chi connectivity index (χ2n) is 22.3. The molecule has 0 N–H and O–H groups in total. The molecule has 0 aliphatic rings. The number of rotatable bonds is 58. The number of carboxylic acid groups (broad SMARTS) is 1. The fourth-order valence-electron chi connectivity index (χ4n) is 8.52. The van der Waals surface area contributed by atoms with Crippen molar-refractivity contribution in [2.45, 2.75) is 264 Å². The van der Waals surface area contributed by atoms with Gasteiger partial charge in [-0.1, -0.05) is 251 Å². The maximum atomic E-state index is 12.9. The average molecular weight is 1110 g/mol. The third kappa shape index (κ3) is 61.3. The molecule has 0 saturated carbocycles. The number of ether oxygens (including phenoxy) is 4. The minimum atomic E-state index is -1.63. The molecular formula is C71H119NO8. The molecule has 9 heteroatoms. The molecule has 0 aromatic rings. The van der Waals surface area contributed by atoms with E-state index in [0.717, 1.165) is 116 Å². The molecule has 0 aromatic carbocycles. The lowest BCUT2D eigenvalue weighted by Gasteiger charge is -2.26. The van der Waals surface area contributed by atoms with Crippen LogP contribution in [0.15, 0.2) is 122 Å². The van der Waals surface area contributed by atoms with Gasteiger partial charge in [0.15, 0.2) is 12.4 Å². The van der Waals surface area contributed by atoms with Crippen LogP contribution in [-0.4, -0.2) is 82.3 Å². The lowest BCUT2D eigenvalue weighted by atomic mass is 10.1. The van der Waals surface area contributed by atoms with Crippen molar-refractivity contribution in [2.75, 3.05) is 47.5 Å². The highest BCUT2D eigenvalue weighted by atomic mass is 16.7. The van der Waals surface area contributed by atoms with Gasteiger partial charge in [-0.25, -0.2) is 0 Å². The topological polar surface area (TPSA) is 111 Å². The van der Waals surface area contributed by atoms with Gasteiger partial charge in [-0.15, -0.1) is 0 Å². The minimum absolute atomic E-state index is 0.141. The summed E-state index contributed by atoms with van der Waals surface area (Å²) in [6.45, 7) is 4.62. The van der Waals surface area contributed by atoms with Crippen molar-refractivity contribution in [1.82, 2.24) is 0 Å². The summed E-state index contributed by atoms with van der Waals surface area (Å²) in [5, 5.41) is 11.8. The van der Waals surface area contributed by atoms with E-state index in [0.29, 0.717) is 17.4 Å². The first-order valence-electron chi connectivity index (χ1n) is 32.2. The lowest BCUT2D eigenvalue weighted by Crippen LogP contribution is -2.44. The van der Waals surface area contributed by atoms with Crippen molar-refractivity contribution in [1.29, 1.82) is 0 Å². The number of carboxylic acids is 1. The Morgan fingerprint density at radius 2 is 0.713 bits per heavy atom. The minimum Gasteiger partial charge on any atom is -0.545 e. The molecule has 0 bridgehead atoms. The van der Waals surface area contributed by atoms with Crippen LogP contribution in [0.1, 0.15) is 251 Å². The zero-order valence-corrected chi connectivity index (χ0v) is 51.9. The molecule has 0 aromatic heterocycles. The normalized spacial score (nSPS) is 13.6. The fraction of sp³-hybridized carbons (Fsp3) is 0.676. The van der Waals surface area contributed by atoms with Gasteiger partial charge in [0.2, 0.25) is 0 Å². The van der Waals surface area contributed by atoms with Gasteiger partial charge in [-0.3, -0.25) is 9.59 Å². The summed E-state index contributed by atoms with van der Waals surface area (Å²) in [4.78, 5) is 37.4. The molecule has 0 rings (SSSR count). The molecule has 0 amide bonds. The maximum Gasteiger partial charge on any atom is 0.306 e. The monoisotopic (exact) mass is 1110 g/mol. The predicted molar refractivity (Wildman–Crippen MR) is 338 cm³/mol. The Hall–Kier alpha value is -4.31. The molecule has 456 valence electrons. The van der Waals surface area contributed by atoms with E-state index in [9.17, 15) is 19.5 Å². The van der Waals surface area contributed by atoms with Crippen molar-refractivity contribution in [3.05, 3.63) is 122 Å². The molecule has 0 spiro atoms. The largest absolute Gasteiger partial charge is 0.545 e. The van der Waals surface area contributed by atoms with Crippen LogP contribution in [0, 0.1) is 0 Å². The number of esters is 2. The Morgan fingerprint density at radius 1 is 0.388 bits per heavy atom. The smallest absolute Gasteiger partial charge is 0.306 e. The van der Waals surface area contributed by atoms with Crippen LogP contribution in [0.4, 0.5) is 0 Å². The van der Waals surface area contributed by atoms with E-state index in [1.807, 2.05) is 21.1 Å². The number of aliphatic carboxylic acids is 1. The summed E-state index contributed by atoms with van der Waals surface area (Å²) in [5.74, 6) is -2.30. The SMILES string of the molecule is CC/C=C\C/C=C\C/C=C\C/C=C\C/C=C\C/C=C\C/C=C\C/C=C\C/C=C\CCCCCCCCCCCC(=O)OC(COC(=O)CCCCCCCCC/C=C\CCCCCCCCC)COC(OCC[N+](C)(C)C)C(=O)[O-]. The van der Waals surface area contributed by atoms with Gasteiger partial charge >= 0.3 is 11.9 Å². The number of hydrogen-bond acceptors (Lipinski definition) is 8. The Bertz CT molecular complexity index is 1730. The summed E-state index contributed by atoms with van der Waals surface area (Å²) < 4.78 is 22.7. The standard InChI is InChI=1S/C71H119NO8/c1-6-8-10-12-14-16-18-20-22-24-26-27-28-29-30-31-32-33-34-35-36-37-38-39-40-41-42-43-44-46-48-50-52-54-56-58-60-62-69(74)80-67(66-79-71(70(75)76)77-64-63-72(3,4)5)65-78-68(73)61-59-57-55-53-51-49-47-45-25-23-21-19-17-15-13-11-9-7-2/h8,10,14,16,20,22-23,25-27,29-30,32-33,35-36,38-39,41-42,67,71H,6-7,9,11-13,15,17-19,21,24,28,31,34,37,40,43-66H2,1-5H3/b10-8-,16-14-,22-20-,25-23-,27-26-,30-29-,33-32-,36-35-,39-38-,42-41-. The van der Waals surface area contributed by atoms with Crippen LogP contribution >= 0.6 is 0 Å². The molecule has 0 aliphatic carbocycles. The molecule has 0 heterocycles. The Labute approximate surface area is 491 Å². The summed E-state index contributed by atoms with van der Waals surface area (Å²) in [7, 11) is 5.92. The fourth-order valence-corrected chi connectivity index (χ4v) is 8.52. The predicted octanol–water partition coefficient (Wildman–Crippen LogP) is 18.3. The second-order valence-corrected chi connectivity index (χ2v) is 22.3. The number of allylic oxidation sites excluding steroid dienone is 20. The van der Waals surface area contributed by atoms with Crippen LogP contribution in [-0.2, 0) is 33.3 Å². The van der Waals surface area contributed by atoms with E-state index in [1.165, 1.54) is 103 Å². The van der Waals surface area contributed by atoms with Crippen molar-refractivity contribution in [3.63, 3.8) is 0 Å². The molecular weight excluding hydrogens is 995 g/mol. The number of quaternary nitrogens is 1. The highest BCUT2D eigenvalue weighted by Gasteiger charge is 2.22. The summed E-state index contributed by atoms with van der Waals surface area (Å²) in [6, 6.07) is 0. The molecule has 9 nitrogen and oxygen atoms in total. The highest BCUT2D eigenvalue weighted by Crippen LogP contribution is 2.15. The van der Waals surface area contributed by atoms with Crippen LogP contribution in [0.2, 0.25) is 0 Å². The third-order valence-electron chi connectivity index (χ3n) is 13.4. The molecule has 2 unspecified atom stereocenters. The Kier molecular flexibility index (Phi) is 57.5. The van der Waals surface area contributed by atoms with Crippen molar-refractivity contribution < 1.29 is 42.9 Å². The number of carbonyl (C=O) groups excluding carboxylic acids is 3. The van der Waals surface area contributed by atoms with Crippen molar-refractivity contribution >= 4 is 17.9 Å². The second kappa shape index (κ2) is 60.8. The van der Waals surface area contributed by atoms with Gasteiger partial charge in [0.1, 0.15) is 13.2 Å². The number of likely N-dealkylation sites (N-methyl/N-ethyl adjacent to an activating group) is 1. The Balaban J connectivity index is 4.20. The maximum absolute atomic E-state index is 12.9. The summed E-state index contributed by atoms with van der Waals surface area (Å²) in [5.41, 5.74) is 0. The number of unbranched alkanes of at least 4 members (excludes halogenated alkanes) is 23. The molecule has 0 fully saturated rings. The molecule has 2 atom stereocenters. The van der Waals surface area contributed by atoms with Gasteiger partial charge in [0.05, 0.1) is 40.3 Å². The van der Waals surface area contributed by atoms with Crippen molar-refractivity contribution in [3.8, 4) is 0 Å². The van der Waals surface area contributed by atoms with E-state index >= 15 is 0 Å². The van der Waals surface area contributed by atoms with Gasteiger partial charge < -0.3 is 33.3 Å². The van der Waals surface area contributed by atoms with E-state index in [-0.39, 0.29) is 38.6 Å². The van der Waals surface area contributed by atoms with Crippen LogP contribution in [0.25, 0.3) is 0 Å². The Morgan fingerprint density at radius 3 is 1.07 bits per heavy atom. The van der Waals surface area contributed by atoms with E-state index < -0.39 is 24.3 Å². The van der Waals surface area contributed by atoms with Gasteiger partial charge in [0, 0.05) is 12.8 Å². The first-order chi connectivity index (χ1) is 39.1. The van der Waals surface area contributed by atoms with E-state index in [4.69, 9.17) is 18.9 Å². The number of carbonyl (C=O) groups is 3. The van der Waals surface area contributed by atoms with Crippen LogP contribution < -0.4 is 5.11 Å². The van der Waals surface area contributed by atoms with E-state index in [2.05, 4.69) is 135 Å². The quantitative estimate of drug-likeness (QED) is 0.0195. The average Bonchev–Trinajstić information content (AvgIpc) is 3.43. The first-order valence-corrected chi connectivity index (χ1v) is 32.2. The number of nitrogens with zero attached hydrogens (tertiary/aromatic N) is 1. The molecule has 0 radical (unpaired) electrons. The molecule has 80 heavy (non-hydrogen) atoms. The zero-order valence-electron chi connectivity index (χ0n) is 51.9. The van der Waals surface area contributed by atoms with Gasteiger partial charge in [0.25, 0.3) is 0 Å². The summed E-state index contributed by atoms with van der Waals surface area (Å²) >= 11 is 0. The van der Waals surface area contributed by atoms with Crippen LogP contribution in [0.5, 0.6) is 0 Å². The number of hydrogen-bond donors (Lipinski definition) is 0. The molecule has 0 aliphatic heterocycles. The highest BCUT2D eigenvalue weighted by molar-refractivity contribution is 5.70.